The number of rotatable bonds is 4. The first-order valence-electron chi connectivity index (χ1n) is 8.53. The first kappa shape index (κ1) is 19.2. The lowest BCUT2D eigenvalue weighted by Gasteiger charge is -2.19. The van der Waals surface area contributed by atoms with Crippen molar-refractivity contribution in [3.8, 4) is 5.75 Å². The Morgan fingerprint density at radius 1 is 1.22 bits per heavy atom. The second-order valence-corrected chi connectivity index (χ2v) is 8.05. The SMILES string of the molecule is COc1ccc(Cn2cc3c(Br)cc(NC(=O)OC(C)(C)C)cc3n2)cc1. The lowest BCUT2D eigenvalue weighted by molar-refractivity contribution is 0.0636. The minimum Gasteiger partial charge on any atom is -0.497 e. The smallest absolute Gasteiger partial charge is 0.412 e. The average molecular weight is 432 g/mol. The van der Waals surface area contributed by atoms with Gasteiger partial charge < -0.3 is 9.47 Å². The van der Waals surface area contributed by atoms with E-state index in [-0.39, 0.29) is 0 Å². The molecule has 0 saturated heterocycles. The van der Waals surface area contributed by atoms with Crippen molar-refractivity contribution in [2.24, 2.45) is 0 Å². The minimum absolute atomic E-state index is 0.494. The molecule has 3 rings (SSSR count). The van der Waals surface area contributed by atoms with E-state index in [1.165, 1.54) is 0 Å². The number of ether oxygens (including phenoxy) is 2. The number of anilines is 1. The molecule has 0 spiro atoms. The van der Waals surface area contributed by atoms with Crippen molar-refractivity contribution in [1.82, 2.24) is 9.78 Å². The van der Waals surface area contributed by atoms with Crippen molar-refractivity contribution >= 4 is 38.6 Å². The van der Waals surface area contributed by atoms with E-state index in [1.807, 2.05) is 68.0 Å². The first-order chi connectivity index (χ1) is 12.7. The van der Waals surface area contributed by atoms with Crippen LogP contribution in [0.5, 0.6) is 5.75 Å². The third kappa shape index (κ3) is 5.01. The Hall–Kier alpha value is -2.54. The lowest BCUT2D eigenvalue weighted by atomic mass is 10.2. The van der Waals surface area contributed by atoms with E-state index >= 15 is 0 Å². The summed E-state index contributed by atoms with van der Waals surface area (Å²) in [7, 11) is 1.65. The van der Waals surface area contributed by atoms with Crippen LogP contribution in [-0.2, 0) is 11.3 Å². The lowest BCUT2D eigenvalue weighted by Crippen LogP contribution is -2.27. The van der Waals surface area contributed by atoms with Gasteiger partial charge in [0.05, 0.1) is 19.2 Å². The number of halogens is 1. The number of methoxy groups -OCH3 is 1. The Kier molecular flexibility index (Phi) is 5.41. The second kappa shape index (κ2) is 7.60. The van der Waals surface area contributed by atoms with Crippen LogP contribution < -0.4 is 10.1 Å². The number of hydrogen-bond donors (Lipinski definition) is 1. The van der Waals surface area contributed by atoms with Gasteiger partial charge in [-0.3, -0.25) is 10.00 Å². The van der Waals surface area contributed by atoms with Crippen molar-refractivity contribution in [3.05, 3.63) is 52.6 Å². The molecular weight excluding hydrogens is 410 g/mol. The van der Waals surface area contributed by atoms with Crippen molar-refractivity contribution in [2.45, 2.75) is 32.9 Å². The zero-order chi connectivity index (χ0) is 19.6. The molecule has 2 aromatic carbocycles. The van der Waals surface area contributed by atoms with Gasteiger partial charge in [0.25, 0.3) is 0 Å². The summed E-state index contributed by atoms with van der Waals surface area (Å²) in [5.74, 6) is 0.824. The molecule has 0 aliphatic carbocycles. The fourth-order valence-electron chi connectivity index (χ4n) is 2.62. The number of carbonyl (C=O) groups is 1. The van der Waals surface area contributed by atoms with Crippen LogP contribution in [0.4, 0.5) is 10.5 Å². The summed E-state index contributed by atoms with van der Waals surface area (Å²) in [5, 5.41) is 8.34. The monoisotopic (exact) mass is 431 g/mol. The average Bonchev–Trinajstić information content (AvgIpc) is 2.96. The van der Waals surface area contributed by atoms with E-state index in [0.29, 0.717) is 12.2 Å². The van der Waals surface area contributed by atoms with Crippen LogP contribution in [0, 0.1) is 0 Å². The van der Waals surface area contributed by atoms with Crippen molar-refractivity contribution in [1.29, 1.82) is 0 Å². The van der Waals surface area contributed by atoms with Crippen LogP contribution >= 0.6 is 15.9 Å². The van der Waals surface area contributed by atoms with Gasteiger partial charge in [0.2, 0.25) is 0 Å². The fourth-order valence-corrected chi connectivity index (χ4v) is 3.17. The molecule has 0 bridgehead atoms. The van der Waals surface area contributed by atoms with E-state index < -0.39 is 11.7 Å². The molecular formula is C20H22BrN3O3. The van der Waals surface area contributed by atoms with Gasteiger partial charge in [-0.25, -0.2) is 4.79 Å². The largest absolute Gasteiger partial charge is 0.497 e. The van der Waals surface area contributed by atoms with Gasteiger partial charge in [-0.05, 0) is 66.5 Å². The zero-order valence-corrected chi connectivity index (χ0v) is 17.3. The Morgan fingerprint density at radius 3 is 2.56 bits per heavy atom. The third-order valence-electron chi connectivity index (χ3n) is 3.77. The maximum Gasteiger partial charge on any atom is 0.412 e. The molecule has 142 valence electrons. The van der Waals surface area contributed by atoms with Gasteiger partial charge >= 0.3 is 6.09 Å². The van der Waals surface area contributed by atoms with E-state index in [0.717, 1.165) is 26.7 Å². The second-order valence-electron chi connectivity index (χ2n) is 7.19. The summed E-state index contributed by atoms with van der Waals surface area (Å²) in [6.07, 6.45) is 1.48. The molecule has 0 aliphatic heterocycles. The van der Waals surface area contributed by atoms with Gasteiger partial charge in [0.15, 0.2) is 0 Å². The molecule has 0 unspecified atom stereocenters. The third-order valence-corrected chi connectivity index (χ3v) is 4.43. The molecule has 0 radical (unpaired) electrons. The number of nitrogens with one attached hydrogen (secondary N) is 1. The summed E-state index contributed by atoms with van der Waals surface area (Å²) in [6.45, 7) is 6.12. The molecule has 3 aromatic rings. The quantitative estimate of drug-likeness (QED) is 0.615. The summed E-state index contributed by atoms with van der Waals surface area (Å²) in [6, 6.07) is 11.5. The molecule has 6 nitrogen and oxygen atoms in total. The predicted octanol–water partition coefficient (Wildman–Crippen LogP) is 5.20. The molecule has 1 amide bonds. The van der Waals surface area contributed by atoms with E-state index in [9.17, 15) is 4.79 Å². The van der Waals surface area contributed by atoms with Crippen LogP contribution in [0.3, 0.4) is 0 Å². The molecule has 1 N–H and O–H groups in total. The van der Waals surface area contributed by atoms with E-state index in [4.69, 9.17) is 9.47 Å². The summed E-state index contributed by atoms with van der Waals surface area (Å²) in [4.78, 5) is 12.0. The summed E-state index contributed by atoms with van der Waals surface area (Å²) < 4.78 is 13.2. The van der Waals surface area contributed by atoms with Crippen LogP contribution in [0.15, 0.2) is 47.1 Å². The summed E-state index contributed by atoms with van der Waals surface area (Å²) >= 11 is 3.55. The van der Waals surface area contributed by atoms with Gasteiger partial charge in [-0.15, -0.1) is 0 Å². The Balaban J connectivity index is 1.80. The molecule has 0 fully saturated rings. The van der Waals surface area contributed by atoms with Crippen LogP contribution in [0.1, 0.15) is 26.3 Å². The molecule has 0 atom stereocenters. The highest BCUT2D eigenvalue weighted by Crippen LogP contribution is 2.28. The van der Waals surface area contributed by atoms with Crippen molar-refractivity contribution in [3.63, 3.8) is 0 Å². The van der Waals surface area contributed by atoms with Crippen molar-refractivity contribution in [2.75, 3.05) is 12.4 Å². The maximum absolute atomic E-state index is 12.0. The fraction of sp³-hybridized carbons (Fsp3) is 0.300. The number of amides is 1. The normalized spacial score (nSPS) is 11.4. The molecule has 0 saturated carbocycles. The minimum atomic E-state index is -0.550. The number of benzene rings is 2. The molecule has 1 heterocycles. The van der Waals surface area contributed by atoms with Gasteiger partial charge in [0.1, 0.15) is 11.4 Å². The van der Waals surface area contributed by atoms with Gasteiger partial charge in [-0.1, -0.05) is 12.1 Å². The number of aromatic nitrogens is 2. The Bertz CT molecular complexity index is 959. The standard InChI is InChI=1S/C20H22BrN3O3/c1-20(2,3)27-19(25)22-14-9-17(21)16-12-24(23-18(16)10-14)11-13-5-7-15(26-4)8-6-13/h5-10,12H,11H2,1-4H3,(H,22,25). The number of carbonyl (C=O) groups excluding carboxylic acids is 1. The predicted molar refractivity (Wildman–Crippen MR) is 109 cm³/mol. The van der Waals surface area contributed by atoms with Gasteiger partial charge in [0, 0.05) is 21.7 Å². The molecule has 7 heteroatoms. The Morgan fingerprint density at radius 2 is 1.93 bits per heavy atom. The van der Waals surface area contributed by atoms with Crippen molar-refractivity contribution < 1.29 is 14.3 Å². The van der Waals surface area contributed by atoms with E-state index in [1.54, 1.807) is 7.11 Å². The zero-order valence-electron chi connectivity index (χ0n) is 15.7. The highest BCUT2D eigenvalue weighted by atomic mass is 79.9. The molecule has 27 heavy (non-hydrogen) atoms. The molecule has 0 aliphatic rings. The molecule has 1 aromatic heterocycles. The number of hydrogen-bond acceptors (Lipinski definition) is 4. The summed E-state index contributed by atoms with van der Waals surface area (Å²) in [5.41, 5.74) is 1.97. The maximum atomic E-state index is 12.0. The van der Waals surface area contributed by atoms with E-state index in [2.05, 4.69) is 26.3 Å². The van der Waals surface area contributed by atoms with Crippen LogP contribution in [0.2, 0.25) is 0 Å². The number of nitrogens with zero attached hydrogens (tertiary/aromatic N) is 2. The topological polar surface area (TPSA) is 65.4 Å². The Labute approximate surface area is 166 Å². The van der Waals surface area contributed by atoms with Crippen LogP contribution in [0.25, 0.3) is 10.9 Å². The highest BCUT2D eigenvalue weighted by Gasteiger charge is 2.17. The first-order valence-corrected chi connectivity index (χ1v) is 9.32. The highest BCUT2D eigenvalue weighted by molar-refractivity contribution is 9.10. The van der Waals surface area contributed by atoms with Gasteiger partial charge in [-0.2, -0.15) is 5.10 Å². The van der Waals surface area contributed by atoms with Crippen LogP contribution in [-0.4, -0.2) is 28.6 Å². The number of fused-ring (bicyclic) bond motifs is 1.